The fraction of sp³-hybridized carbons (Fsp3) is 0.417. The highest BCUT2D eigenvalue weighted by Gasteiger charge is 2.49. The number of benzene rings is 1. The van der Waals surface area contributed by atoms with Gasteiger partial charge in [0.1, 0.15) is 0 Å². The second-order valence-electron chi connectivity index (χ2n) is 4.85. The Bertz CT molecular complexity index is 614. The molecule has 0 bridgehead atoms. The van der Waals surface area contributed by atoms with Crippen molar-refractivity contribution in [2.45, 2.75) is 12.5 Å². The zero-order valence-electron chi connectivity index (χ0n) is 9.54. The van der Waals surface area contributed by atoms with Gasteiger partial charge in [-0.1, -0.05) is 22.0 Å². The zero-order valence-corrected chi connectivity index (χ0v) is 11.9. The fourth-order valence-corrected chi connectivity index (χ4v) is 5.31. The maximum Gasteiger partial charge on any atom is 0.227 e. The first-order chi connectivity index (χ1) is 8.46. The van der Waals surface area contributed by atoms with Gasteiger partial charge in [0.05, 0.1) is 17.5 Å². The van der Waals surface area contributed by atoms with E-state index >= 15 is 0 Å². The van der Waals surface area contributed by atoms with Crippen molar-refractivity contribution in [1.82, 2.24) is 0 Å². The summed E-state index contributed by atoms with van der Waals surface area (Å²) in [5.41, 5.74) is 0.777. The summed E-state index contributed by atoms with van der Waals surface area (Å²) in [7, 11) is -2.99. The largest absolute Gasteiger partial charge is 0.308 e. The number of hydrogen-bond acceptors (Lipinski definition) is 3. The summed E-state index contributed by atoms with van der Waals surface area (Å²) in [6, 6.07) is 7.24. The van der Waals surface area contributed by atoms with Crippen molar-refractivity contribution < 1.29 is 13.2 Å². The number of amides is 1. The molecule has 0 aromatic heterocycles. The van der Waals surface area contributed by atoms with E-state index in [0.29, 0.717) is 6.42 Å². The molecule has 2 heterocycles. The second-order valence-corrected chi connectivity index (χ2v) is 7.92. The zero-order chi connectivity index (χ0) is 12.9. The van der Waals surface area contributed by atoms with Crippen LogP contribution in [0.2, 0.25) is 0 Å². The van der Waals surface area contributed by atoms with Crippen molar-refractivity contribution in [3.8, 4) is 0 Å². The monoisotopic (exact) mass is 329 g/mol. The van der Waals surface area contributed by atoms with E-state index in [4.69, 9.17) is 0 Å². The van der Waals surface area contributed by atoms with Gasteiger partial charge in [-0.05, 0) is 18.2 Å². The van der Waals surface area contributed by atoms with Crippen molar-refractivity contribution in [3.63, 3.8) is 0 Å². The van der Waals surface area contributed by atoms with Crippen molar-refractivity contribution >= 4 is 37.4 Å². The molecule has 18 heavy (non-hydrogen) atoms. The summed E-state index contributed by atoms with van der Waals surface area (Å²) in [6.45, 7) is 0. The molecule has 0 spiro atoms. The molecule has 0 radical (unpaired) electrons. The molecule has 0 aliphatic carbocycles. The predicted molar refractivity (Wildman–Crippen MR) is 72.2 cm³/mol. The van der Waals surface area contributed by atoms with Crippen molar-refractivity contribution in [3.05, 3.63) is 28.7 Å². The van der Waals surface area contributed by atoms with Crippen LogP contribution in [0.5, 0.6) is 0 Å². The van der Waals surface area contributed by atoms with Crippen LogP contribution in [0.4, 0.5) is 5.69 Å². The van der Waals surface area contributed by atoms with E-state index in [1.165, 1.54) is 0 Å². The predicted octanol–water partition coefficient (Wildman–Crippen LogP) is 1.60. The van der Waals surface area contributed by atoms with Gasteiger partial charge in [0.25, 0.3) is 0 Å². The molecular weight excluding hydrogens is 318 g/mol. The van der Waals surface area contributed by atoms with Gasteiger partial charge in [-0.15, -0.1) is 0 Å². The Morgan fingerprint density at radius 3 is 2.78 bits per heavy atom. The standard InChI is InChI=1S/C12H12BrNO3S/c13-9-2-1-3-10(5-9)14-11-7-18(16,17)6-8(11)4-12(14)15/h1-3,5,8,11H,4,6-7H2/t8-,11+/m1/s1. The van der Waals surface area contributed by atoms with Crippen LogP contribution < -0.4 is 4.90 Å². The molecule has 2 saturated heterocycles. The van der Waals surface area contributed by atoms with E-state index in [9.17, 15) is 13.2 Å². The van der Waals surface area contributed by atoms with E-state index in [-0.39, 0.29) is 29.4 Å². The van der Waals surface area contributed by atoms with Crippen LogP contribution in [0.1, 0.15) is 6.42 Å². The third-order valence-corrected chi connectivity index (χ3v) is 5.84. The third kappa shape index (κ3) is 1.97. The fourth-order valence-electron chi connectivity index (χ4n) is 2.85. The van der Waals surface area contributed by atoms with Crippen LogP contribution in [0.25, 0.3) is 0 Å². The molecule has 96 valence electrons. The summed E-state index contributed by atoms with van der Waals surface area (Å²) in [5.74, 6) is 0.226. The number of rotatable bonds is 1. The van der Waals surface area contributed by atoms with Crippen LogP contribution in [0, 0.1) is 5.92 Å². The molecule has 0 unspecified atom stereocenters. The van der Waals surface area contributed by atoms with E-state index < -0.39 is 9.84 Å². The SMILES string of the molecule is O=C1C[C@@H]2CS(=O)(=O)C[C@@H]2N1c1cccc(Br)c1. The summed E-state index contributed by atoms with van der Waals surface area (Å²) in [4.78, 5) is 13.7. The molecule has 1 amide bonds. The molecule has 1 aromatic rings. The van der Waals surface area contributed by atoms with Crippen LogP contribution in [-0.2, 0) is 14.6 Å². The van der Waals surface area contributed by atoms with E-state index in [2.05, 4.69) is 15.9 Å². The van der Waals surface area contributed by atoms with E-state index in [1.807, 2.05) is 24.3 Å². The third-order valence-electron chi connectivity index (χ3n) is 3.56. The quantitative estimate of drug-likeness (QED) is 0.786. The van der Waals surface area contributed by atoms with Gasteiger partial charge in [-0.25, -0.2) is 8.42 Å². The number of carbonyl (C=O) groups excluding carboxylic acids is 1. The van der Waals surface area contributed by atoms with E-state index in [0.717, 1.165) is 10.2 Å². The van der Waals surface area contributed by atoms with Gasteiger partial charge >= 0.3 is 0 Å². The summed E-state index contributed by atoms with van der Waals surface area (Å²) in [6.07, 6.45) is 0.344. The van der Waals surface area contributed by atoms with Gasteiger partial charge in [-0.2, -0.15) is 0 Å². The number of halogens is 1. The molecule has 0 saturated carbocycles. The summed E-state index contributed by atoms with van der Waals surface area (Å²) >= 11 is 3.37. The number of carbonyl (C=O) groups is 1. The molecule has 6 heteroatoms. The van der Waals surface area contributed by atoms with Crippen LogP contribution >= 0.6 is 15.9 Å². The second kappa shape index (κ2) is 4.06. The average Bonchev–Trinajstić information content (AvgIpc) is 2.68. The minimum absolute atomic E-state index is 0.0259. The molecule has 3 rings (SSSR count). The first-order valence-corrected chi connectivity index (χ1v) is 8.36. The number of hydrogen-bond donors (Lipinski definition) is 0. The van der Waals surface area contributed by atoms with Crippen LogP contribution in [0.15, 0.2) is 28.7 Å². The maximum atomic E-state index is 12.0. The van der Waals surface area contributed by atoms with Gasteiger partial charge in [0, 0.05) is 22.5 Å². The maximum absolute atomic E-state index is 12.0. The van der Waals surface area contributed by atoms with Crippen molar-refractivity contribution in [2.75, 3.05) is 16.4 Å². The van der Waals surface area contributed by atoms with Gasteiger partial charge in [0.15, 0.2) is 9.84 Å². The van der Waals surface area contributed by atoms with Crippen LogP contribution in [0.3, 0.4) is 0 Å². The molecule has 0 N–H and O–H groups in total. The highest BCUT2D eigenvalue weighted by molar-refractivity contribution is 9.10. The first-order valence-electron chi connectivity index (χ1n) is 5.74. The lowest BCUT2D eigenvalue weighted by atomic mass is 10.1. The van der Waals surface area contributed by atoms with Crippen molar-refractivity contribution in [1.29, 1.82) is 0 Å². The number of fused-ring (bicyclic) bond motifs is 1. The summed E-state index contributed by atoms with van der Waals surface area (Å²) < 4.78 is 24.2. The number of nitrogens with zero attached hydrogens (tertiary/aromatic N) is 1. The minimum atomic E-state index is -2.99. The Balaban J connectivity index is 1.99. The molecule has 2 aliphatic heterocycles. The lowest BCUT2D eigenvalue weighted by molar-refractivity contribution is -0.117. The Morgan fingerprint density at radius 1 is 1.28 bits per heavy atom. The first kappa shape index (κ1) is 12.2. The van der Waals surface area contributed by atoms with Crippen LogP contribution in [-0.4, -0.2) is 31.9 Å². The number of anilines is 1. The lowest BCUT2D eigenvalue weighted by Gasteiger charge is -2.23. The molecule has 2 fully saturated rings. The molecule has 2 atom stereocenters. The highest BCUT2D eigenvalue weighted by Crippen LogP contribution is 2.37. The topological polar surface area (TPSA) is 54.5 Å². The van der Waals surface area contributed by atoms with Crippen molar-refractivity contribution in [2.24, 2.45) is 5.92 Å². The Morgan fingerprint density at radius 2 is 2.06 bits per heavy atom. The Hall–Kier alpha value is -0.880. The number of sulfone groups is 1. The summed E-state index contributed by atoms with van der Waals surface area (Å²) in [5, 5.41) is 0. The smallest absolute Gasteiger partial charge is 0.227 e. The molecular formula is C12H12BrNO3S. The molecule has 1 aromatic carbocycles. The van der Waals surface area contributed by atoms with Gasteiger partial charge in [-0.3, -0.25) is 4.79 Å². The average molecular weight is 330 g/mol. The van der Waals surface area contributed by atoms with Gasteiger partial charge < -0.3 is 4.90 Å². The van der Waals surface area contributed by atoms with E-state index in [1.54, 1.807) is 4.90 Å². The Labute approximate surface area is 114 Å². The van der Waals surface area contributed by atoms with Gasteiger partial charge in [0.2, 0.25) is 5.91 Å². The minimum Gasteiger partial charge on any atom is -0.308 e. The Kier molecular flexibility index (Phi) is 2.75. The molecule has 4 nitrogen and oxygen atoms in total. The molecule has 2 aliphatic rings. The normalized spacial score (nSPS) is 29.6. The lowest BCUT2D eigenvalue weighted by Crippen LogP contribution is -2.36. The highest BCUT2D eigenvalue weighted by atomic mass is 79.9.